The molecule has 0 atom stereocenters. The highest BCUT2D eigenvalue weighted by molar-refractivity contribution is 7.99. The summed E-state index contributed by atoms with van der Waals surface area (Å²) < 4.78 is 14.7. The predicted molar refractivity (Wildman–Crippen MR) is 113 cm³/mol. The Balaban J connectivity index is 1.68. The summed E-state index contributed by atoms with van der Waals surface area (Å²) >= 11 is 1.21. The molecule has 0 spiro atoms. The third-order valence-electron chi connectivity index (χ3n) is 4.51. The molecular weight excluding hydrogens is 387 g/mol. The van der Waals surface area contributed by atoms with Gasteiger partial charge in [-0.05, 0) is 42.0 Å². The molecule has 4 aromatic rings. The molecule has 0 unspecified atom stereocenters. The van der Waals surface area contributed by atoms with Crippen molar-refractivity contribution in [1.82, 2.24) is 9.55 Å². The molecule has 0 aliphatic carbocycles. The smallest absolute Gasteiger partial charge is 0.262 e. The Labute approximate surface area is 171 Å². The van der Waals surface area contributed by atoms with Crippen molar-refractivity contribution in [1.29, 1.82) is 0 Å². The van der Waals surface area contributed by atoms with Crippen LogP contribution in [0.2, 0.25) is 0 Å². The molecule has 4 nitrogen and oxygen atoms in total. The lowest BCUT2D eigenvalue weighted by atomic mass is 10.1. The summed E-state index contributed by atoms with van der Waals surface area (Å²) in [7, 11) is 0. The number of hydrogen-bond donors (Lipinski definition) is 0. The summed E-state index contributed by atoms with van der Waals surface area (Å²) in [6.45, 7) is 0.366. The Bertz CT molecular complexity index is 1220. The average molecular weight is 404 g/mol. The Kier molecular flexibility index (Phi) is 5.53. The quantitative estimate of drug-likeness (QED) is 0.269. The van der Waals surface area contributed by atoms with Gasteiger partial charge in [-0.1, -0.05) is 54.2 Å². The number of ketones is 1. The van der Waals surface area contributed by atoms with Gasteiger partial charge in [-0.2, -0.15) is 0 Å². The lowest BCUT2D eigenvalue weighted by Crippen LogP contribution is -2.24. The van der Waals surface area contributed by atoms with Crippen molar-refractivity contribution in [3.05, 3.63) is 106 Å². The molecule has 0 fully saturated rings. The summed E-state index contributed by atoms with van der Waals surface area (Å²) in [5, 5.41) is 1.02. The van der Waals surface area contributed by atoms with E-state index in [1.165, 1.54) is 36.0 Å². The molecule has 1 heterocycles. The van der Waals surface area contributed by atoms with Gasteiger partial charge in [0.1, 0.15) is 5.82 Å². The summed E-state index contributed by atoms with van der Waals surface area (Å²) in [6.07, 6.45) is 0. The van der Waals surface area contributed by atoms with Crippen molar-refractivity contribution < 1.29 is 9.18 Å². The molecule has 0 aliphatic rings. The topological polar surface area (TPSA) is 52.0 Å². The predicted octanol–water partition coefficient (Wildman–Crippen LogP) is 4.56. The van der Waals surface area contributed by atoms with Crippen molar-refractivity contribution in [2.45, 2.75) is 11.7 Å². The number of Topliss-reactive ketones (excluding diaryl/α,β-unsaturated/α-hetero) is 1. The summed E-state index contributed by atoms with van der Waals surface area (Å²) in [4.78, 5) is 30.2. The van der Waals surface area contributed by atoms with E-state index in [1.54, 1.807) is 16.7 Å². The van der Waals surface area contributed by atoms with E-state index >= 15 is 0 Å². The van der Waals surface area contributed by atoms with Gasteiger partial charge in [0.15, 0.2) is 10.9 Å². The first kappa shape index (κ1) is 19.1. The van der Waals surface area contributed by atoms with Crippen LogP contribution in [0.15, 0.2) is 88.8 Å². The molecule has 29 heavy (non-hydrogen) atoms. The van der Waals surface area contributed by atoms with Gasteiger partial charge in [0, 0.05) is 5.56 Å². The molecule has 0 N–H and O–H groups in total. The van der Waals surface area contributed by atoms with Gasteiger partial charge in [0.25, 0.3) is 5.56 Å². The second-order valence-corrected chi connectivity index (χ2v) is 7.45. The van der Waals surface area contributed by atoms with E-state index in [-0.39, 0.29) is 22.9 Å². The van der Waals surface area contributed by atoms with Crippen molar-refractivity contribution in [3.63, 3.8) is 0 Å². The monoisotopic (exact) mass is 404 g/mol. The Morgan fingerprint density at radius 2 is 1.62 bits per heavy atom. The second kappa shape index (κ2) is 8.41. The molecule has 0 aliphatic heterocycles. The van der Waals surface area contributed by atoms with Gasteiger partial charge in [0.05, 0.1) is 23.2 Å². The molecule has 0 bridgehead atoms. The second-order valence-electron chi connectivity index (χ2n) is 6.51. The van der Waals surface area contributed by atoms with Crippen molar-refractivity contribution in [2.75, 3.05) is 5.75 Å². The van der Waals surface area contributed by atoms with Crippen LogP contribution in [0.3, 0.4) is 0 Å². The maximum absolute atomic E-state index is 13.1. The highest BCUT2D eigenvalue weighted by Crippen LogP contribution is 2.20. The number of carbonyl (C=O) groups is 1. The van der Waals surface area contributed by atoms with Crippen molar-refractivity contribution >= 4 is 28.4 Å². The van der Waals surface area contributed by atoms with E-state index < -0.39 is 0 Å². The molecule has 0 saturated carbocycles. The molecule has 0 amide bonds. The minimum Gasteiger partial charge on any atom is -0.293 e. The Morgan fingerprint density at radius 3 is 2.38 bits per heavy atom. The zero-order chi connectivity index (χ0) is 20.2. The van der Waals surface area contributed by atoms with Crippen LogP contribution in [-0.4, -0.2) is 21.1 Å². The van der Waals surface area contributed by atoms with Crippen LogP contribution < -0.4 is 5.56 Å². The molecule has 0 radical (unpaired) electrons. The van der Waals surface area contributed by atoms with Gasteiger partial charge < -0.3 is 0 Å². The number of carbonyl (C=O) groups excluding carboxylic acids is 1. The Morgan fingerprint density at radius 1 is 0.931 bits per heavy atom. The van der Waals surface area contributed by atoms with Crippen LogP contribution >= 0.6 is 11.8 Å². The third kappa shape index (κ3) is 4.27. The van der Waals surface area contributed by atoms with E-state index in [4.69, 9.17) is 0 Å². The van der Waals surface area contributed by atoms with Crippen LogP contribution in [-0.2, 0) is 6.54 Å². The standard InChI is InChI=1S/C23H17FN2O2S/c24-18-12-10-17(11-13-18)21(27)15-29-23-25-20-9-5-4-8-19(20)22(28)26(23)14-16-6-2-1-3-7-16/h1-13H,14-15H2. The molecule has 6 heteroatoms. The Hall–Kier alpha value is -3.25. The number of aromatic nitrogens is 2. The lowest BCUT2D eigenvalue weighted by molar-refractivity contribution is 0.102. The van der Waals surface area contributed by atoms with Crippen LogP contribution in [0.1, 0.15) is 15.9 Å². The van der Waals surface area contributed by atoms with Gasteiger partial charge in [0.2, 0.25) is 0 Å². The number of rotatable bonds is 6. The first-order chi connectivity index (χ1) is 14.1. The minimum atomic E-state index is -0.387. The zero-order valence-corrected chi connectivity index (χ0v) is 16.2. The normalized spacial score (nSPS) is 10.9. The molecular formula is C23H17FN2O2S. The van der Waals surface area contributed by atoms with Gasteiger partial charge in [-0.3, -0.25) is 14.2 Å². The maximum Gasteiger partial charge on any atom is 0.262 e. The number of fused-ring (bicyclic) bond motifs is 1. The largest absolute Gasteiger partial charge is 0.293 e. The van der Waals surface area contributed by atoms with E-state index in [2.05, 4.69) is 4.98 Å². The summed E-state index contributed by atoms with van der Waals surface area (Å²) in [6, 6.07) is 22.3. The minimum absolute atomic E-state index is 0.102. The fraction of sp³-hybridized carbons (Fsp3) is 0.0870. The van der Waals surface area contributed by atoms with Gasteiger partial charge in [-0.15, -0.1) is 0 Å². The number of halogens is 1. The zero-order valence-electron chi connectivity index (χ0n) is 15.4. The van der Waals surface area contributed by atoms with Crippen LogP contribution in [0.5, 0.6) is 0 Å². The van der Waals surface area contributed by atoms with Crippen LogP contribution in [0.4, 0.5) is 4.39 Å². The van der Waals surface area contributed by atoms with Gasteiger partial charge in [-0.25, -0.2) is 9.37 Å². The van der Waals surface area contributed by atoms with Crippen molar-refractivity contribution in [3.8, 4) is 0 Å². The summed E-state index contributed by atoms with van der Waals surface area (Å²) in [5.41, 5.74) is 1.85. The fourth-order valence-electron chi connectivity index (χ4n) is 3.01. The SMILES string of the molecule is O=C(CSc1nc2ccccc2c(=O)n1Cc1ccccc1)c1ccc(F)cc1. The van der Waals surface area contributed by atoms with E-state index in [0.29, 0.717) is 28.2 Å². The third-order valence-corrected chi connectivity index (χ3v) is 5.49. The number of thioether (sulfide) groups is 1. The molecule has 0 saturated heterocycles. The van der Waals surface area contributed by atoms with Crippen molar-refractivity contribution in [2.24, 2.45) is 0 Å². The first-order valence-electron chi connectivity index (χ1n) is 9.07. The summed E-state index contributed by atoms with van der Waals surface area (Å²) in [5.74, 6) is -0.434. The molecule has 3 aromatic carbocycles. The number of benzene rings is 3. The average Bonchev–Trinajstić information content (AvgIpc) is 2.75. The molecule has 144 valence electrons. The maximum atomic E-state index is 13.1. The van der Waals surface area contributed by atoms with Crippen LogP contribution in [0, 0.1) is 5.82 Å². The lowest BCUT2D eigenvalue weighted by Gasteiger charge is -2.13. The van der Waals surface area contributed by atoms with Gasteiger partial charge >= 0.3 is 0 Å². The van der Waals surface area contributed by atoms with Crippen LogP contribution in [0.25, 0.3) is 10.9 Å². The molecule has 1 aromatic heterocycles. The van der Waals surface area contributed by atoms with E-state index in [1.807, 2.05) is 42.5 Å². The fourth-order valence-corrected chi connectivity index (χ4v) is 3.91. The number of para-hydroxylation sites is 1. The van der Waals surface area contributed by atoms with E-state index in [9.17, 15) is 14.0 Å². The van der Waals surface area contributed by atoms with E-state index in [0.717, 1.165) is 5.56 Å². The first-order valence-corrected chi connectivity index (χ1v) is 10.1. The highest BCUT2D eigenvalue weighted by atomic mass is 32.2. The highest BCUT2D eigenvalue weighted by Gasteiger charge is 2.14. The number of hydrogen-bond acceptors (Lipinski definition) is 4. The number of nitrogens with zero attached hydrogens (tertiary/aromatic N) is 2. The molecule has 4 rings (SSSR count).